The second kappa shape index (κ2) is 3.73. The molecule has 0 aliphatic carbocycles. The van der Waals surface area contributed by atoms with Gasteiger partial charge in [0.15, 0.2) is 0 Å². The molecule has 14 heavy (non-hydrogen) atoms. The van der Waals surface area contributed by atoms with E-state index in [0.29, 0.717) is 0 Å². The number of hydrogen-bond acceptors (Lipinski definition) is 7. The summed E-state index contributed by atoms with van der Waals surface area (Å²) in [4.78, 5) is 21.7. The van der Waals surface area contributed by atoms with Gasteiger partial charge >= 0.3 is 23.3 Å². The van der Waals surface area contributed by atoms with Crippen LogP contribution in [-0.4, -0.2) is 31.3 Å². The molecule has 1 aromatic rings. The summed E-state index contributed by atoms with van der Waals surface area (Å²) in [5, 5.41) is 13.9. The highest BCUT2D eigenvalue weighted by molar-refractivity contribution is 5.98. The lowest BCUT2D eigenvalue weighted by molar-refractivity contribution is -0.804. The predicted octanol–water partition coefficient (Wildman–Crippen LogP) is -1.12. The Morgan fingerprint density at radius 2 is 1.93 bits per heavy atom. The Kier molecular flexibility index (Phi) is 2.65. The Labute approximate surface area is 77.5 Å². The van der Waals surface area contributed by atoms with E-state index in [1.807, 2.05) is 0 Å². The minimum absolute atomic E-state index is 0.224. The Morgan fingerprint density at radius 3 is 2.43 bits per heavy atom. The third-order valence-corrected chi connectivity index (χ3v) is 1.37. The van der Waals surface area contributed by atoms with Crippen molar-refractivity contribution in [2.24, 2.45) is 0 Å². The molecule has 1 aromatic heterocycles. The van der Waals surface area contributed by atoms with Crippen LogP contribution in [0.4, 0.5) is 0 Å². The van der Waals surface area contributed by atoms with Gasteiger partial charge in [0.2, 0.25) is 0 Å². The number of nitrogens with zero attached hydrogens (tertiary/aromatic N) is 2. The van der Waals surface area contributed by atoms with Crippen molar-refractivity contribution in [3.63, 3.8) is 0 Å². The maximum Gasteiger partial charge on any atom is 0.390 e. The normalized spacial score (nSPS) is 9.57. The van der Waals surface area contributed by atoms with Gasteiger partial charge in [-0.25, -0.2) is 9.59 Å². The highest BCUT2D eigenvalue weighted by Crippen LogP contribution is 2.03. The topological polar surface area (TPSA) is 106 Å². The van der Waals surface area contributed by atoms with Crippen molar-refractivity contribution in [2.75, 3.05) is 14.2 Å². The molecule has 0 fully saturated rings. The lowest BCUT2D eigenvalue weighted by Crippen LogP contribution is -2.33. The van der Waals surface area contributed by atoms with E-state index in [1.165, 1.54) is 0 Å². The number of hydrogen-bond donors (Lipinski definition) is 0. The minimum Gasteiger partial charge on any atom is -0.463 e. The number of aromatic nitrogens is 2. The molecule has 0 N–H and O–H groups in total. The van der Waals surface area contributed by atoms with Crippen LogP contribution in [0.5, 0.6) is 0 Å². The molecule has 0 saturated heterocycles. The zero-order valence-corrected chi connectivity index (χ0v) is 7.34. The van der Waals surface area contributed by atoms with Crippen molar-refractivity contribution in [2.45, 2.75) is 0 Å². The summed E-state index contributed by atoms with van der Waals surface area (Å²) in [6, 6.07) is 0. The Balaban J connectivity index is 3.19. The number of carbonyl (C=O) groups is 2. The van der Waals surface area contributed by atoms with Gasteiger partial charge < -0.3 is 14.7 Å². The SMILES string of the molecule is COC(=O)c1no[n+]([O-])c1C(=O)OC. The first-order valence-corrected chi connectivity index (χ1v) is 3.38. The highest BCUT2D eigenvalue weighted by atomic mass is 16.8. The van der Waals surface area contributed by atoms with Gasteiger partial charge in [0.1, 0.15) is 0 Å². The van der Waals surface area contributed by atoms with E-state index in [2.05, 4.69) is 19.3 Å². The summed E-state index contributed by atoms with van der Waals surface area (Å²) in [6.45, 7) is 0. The fourth-order valence-corrected chi connectivity index (χ4v) is 0.747. The van der Waals surface area contributed by atoms with Crippen LogP contribution in [0.15, 0.2) is 4.63 Å². The van der Waals surface area contributed by atoms with Gasteiger partial charge in [-0.15, -0.1) is 0 Å². The Hall–Kier alpha value is -2.12. The van der Waals surface area contributed by atoms with Crippen LogP contribution in [0.1, 0.15) is 21.0 Å². The quantitative estimate of drug-likeness (QED) is 0.441. The van der Waals surface area contributed by atoms with Crippen molar-refractivity contribution >= 4 is 11.9 Å². The Bertz CT molecular complexity index is 370. The van der Waals surface area contributed by atoms with E-state index < -0.39 is 23.3 Å². The number of carbonyl (C=O) groups excluding carboxylic acids is 2. The summed E-state index contributed by atoms with van der Waals surface area (Å²) in [5.41, 5.74) is -1.16. The van der Waals surface area contributed by atoms with Crippen LogP contribution in [0.2, 0.25) is 0 Å². The second-order valence-electron chi connectivity index (χ2n) is 2.11. The van der Waals surface area contributed by atoms with Crippen LogP contribution in [0, 0.1) is 5.21 Å². The molecule has 0 saturated carbocycles. The number of esters is 2. The van der Waals surface area contributed by atoms with E-state index in [4.69, 9.17) is 0 Å². The summed E-state index contributed by atoms with van der Waals surface area (Å²) in [7, 11) is 2.13. The van der Waals surface area contributed by atoms with E-state index >= 15 is 0 Å². The van der Waals surface area contributed by atoms with E-state index in [9.17, 15) is 14.8 Å². The smallest absolute Gasteiger partial charge is 0.390 e. The van der Waals surface area contributed by atoms with Crippen molar-refractivity contribution in [1.29, 1.82) is 0 Å². The molecule has 0 aliphatic rings. The van der Waals surface area contributed by atoms with Crippen LogP contribution in [0.25, 0.3) is 0 Å². The van der Waals surface area contributed by atoms with E-state index in [0.717, 1.165) is 14.2 Å². The molecular formula is C6H6N2O6. The van der Waals surface area contributed by atoms with Crippen LogP contribution < -0.4 is 4.90 Å². The maximum atomic E-state index is 11.0. The molecule has 0 radical (unpaired) electrons. The molecule has 76 valence electrons. The number of ether oxygens (including phenoxy) is 2. The zero-order valence-electron chi connectivity index (χ0n) is 7.34. The molecule has 1 heterocycles. The lowest BCUT2D eigenvalue weighted by atomic mass is 10.3. The molecule has 0 amide bonds. The van der Waals surface area contributed by atoms with Gasteiger partial charge in [-0.3, -0.25) is 4.63 Å². The summed E-state index contributed by atoms with van der Waals surface area (Å²) in [6.07, 6.45) is 0. The molecule has 0 unspecified atom stereocenters. The van der Waals surface area contributed by atoms with Gasteiger partial charge in [-0.05, 0) is 4.90 Å². The summed E-state index contributed by atoms with van der Waals surface area (Å²) in [5.74, 6) is -1.98. The molecule has 8 heteroatoms. The van der Waals surface area contributed by atoms with Crippen molar-refractivity contribution in [3.05, 3.63) is 16.6 Å². The monoisotopic (exact) mass is 202 g/mol. The van der Waals surface area contributed by atoms with Gasteiger partial charge in [0.05, 0.1) is 19.4 Å². The molecular weight excluding hydrogens is 196 g/mol. The van der Waals surface area contributed by atoms with Crippen LogP contribution in [-0.2, 0) is 9.47 Å². The van der Waals surface area contributed by atoms with E-state index in [1.54, 1.807) is 0 Å². The second-order valence-corrected chi connectivity index (χ2v) is 2.11. The zero-order chi connectivity index (χ0) is 10.7. The molecule has 0 spiro atoms. The summed E-state index contributed by atoms with van der Waals surface area (Å²) < 4.78 is 12.6. The van der Waals surface area contributed by atoms with E-state index in [-0.39, 0.29) is 4.90 Å². The first-order chi connectivity index (χ1) is 6.61. The summed E-state index contributed by atoms with van der Waals surface area (Å²) >= 11 is 0. The van der Waals surface area contributed by atoms with Crippen LogP contribution >= 0.6 is 0 Å². The average Bonchev–Trinajstić information content (AvgIpc) is 2.58. The van der Waals surface area contributed by atoms with Gasteiger partial charge in [0.25, 0.3) is 0 Å². The first kappa shape index (κ1) is 9.96. The standard InChI is InChI=1S/C6H6N2O6/c1-12-5(9)3-4(6(10)13-2)8(11)14-7-3/h1-2H3. The van der Waals surface area contributed by atoms with Crippen molar-refractivity contribution in [3.8, 4) is 0 Å². The van der Waals surface area contributed by atoms with Gasteiger partial charge in [0, 0.05) is 0 Å². The number of methoxy groups -OCH3 is 2. The van der Waals surface area contributed by atoms with Gasteiger partial charge in [-0.2, -0.15) is 0 Å². The molecule has 0 bridgehead atoms. The fourth-order valence-electron chi connectivity index (χ4n) is 0.747. The molecule has 0 atom stereocenters. The predicted molar refractivity (Wildman–Crippen MR) is 38.1 cm³/mol. The number of rotatable bonds is 2. The fraction of sp³-hybridized carbons (Fsp3) is 0.333. The molecule has 8 nitrogen and oxygen atoms in total. The average molecular weight is 202 g/mol. The third-order valence-electron chi connectivity index (χ3n) is 1.37. The molecule has 0 aromatic carbocycles. The molecule has 1 rings (SSSR count). The third kappa shape index (κ3) is 1.49. The molecule has 0 aliphatic heterocycles. The Morgan fingerprint density at radius 1 is 1.36 bits per heavy atom. The maximum absolute atomic E-state index is 11.0. The highest BCUT2D eigenvalue weighted by Gasteiger charge is 2.33. The van der Waals surface area contributed by atoms with Crippen molar-refractivity contribution in [1.82, 2.24) is 5.16 Å². The minimum atomic E-state index is -1.03. The lowest BCUT2D eigenvalue weighted by Gasteiger charge is -1.94. The largest absolute Gasteiger partial charge is 0.463 e. The van der Waals surface area contributed by atoms with Crippen LogP contribution in [0.3, 0.4) is 0 Å². The van der Waals surface area contributed by atoms with Gasteiger partial charge in [-0.1, -0.05) is 0 Å². The van der Waals surface area contributed by atoms with Crippen molar-refractivity contribution < 1.29 is 28.6 Å². The first-order valence-electron chi connectivity index (χ1n) is 3.38.